The molecule has 1 aliphatic rings. The van der Waals surface area contributed by atoms with Gasteiger partial charge in [-0.05, 0) is 31.6 Å². The second kappa shape index (κ2) is 6.41. The van der Waals surface area contributed by atoms with Crippen molar-refractivity contribution in [3.05, 3.63) is 22.8 Å². The van der Waals surface area contributed by atoms with Crippen LogP contribution in [0.3, 0.4) is 0 Å². The number of halogens is 1. The number of hydrogen-bond donors (Lipinski definition) is 1. The Morgan fingerprint density at radius 2 is 2.20 bits per heavy atom. The largest absolute Gasteiger partial charge is 0.478 e. The van der Waals surface area contributed by atoms with Crippen LogP contribution in [0.1, 0.15) is 30.6 Å². The molecule has 1 N–H and O–H groups in total. The molecule has 0 saturated carbocycles. The van der Waals surface area contributed by atoms with Gasteiger partial charge in [-0.2, -0.15) is 0 Å². The van der Waals surface area contributed by atoms with E-state index in [-0.39, 0.29) is 5.56 Å². The highest BCUT2D eigenvalue weighted by Gasteiger charge is 2.29. The standard InChI is InChI=1S/C14H20ClN3O2/c1-3-17(4-2)10-7-8-18(9-10)13-11(14(19)20)5-6-12(15)16-13/h5-6,10H,3-4,7-9H2,1-2H3,(H,19,20). The van der Waals surface area contributed by atoms with Gasteiger partial charge in [-0.1, -0.05) is 25.4 Å². The van der Waals surface area contributed by atoms with Crippen molar-refractivity contribution in [2.24, 2.45) is 0 Å². The molecular formula is C14H20ClN3O2. The minimum absolute atomic E-state index is 0.217. The summed E-state index contributed by atoms with van der Waals surface area (Å²) in [5.74, 6) is -0.477. The zero-order chi connectivity index (χ0) is 14.7. The molecule has 0 bridgehead atoms. The van der Waals surface area contributed by atoms with Crippen molar-refractivity contribution in [3.8, 4) is 0 Å². The monoisotopic (exact) mass is 297 g/mol. The third-order valence-electron chi connectivity index (χ3n) is 3.86. The van der Waals surface area contributed by atoms with Crippen molar-refractivity contribution in [2.45, 2.75) is 26.3 Å². The van der Waals surface area contributed by atoms with E-state index in [1.54, 1.807) is 0 Å². The number of aromatic nitrogens is 1. The van der Waals surface area contributed by atoms with E-state index in [2.05, 4.69) is 23.7 Å². The van der Waals surface area contributed by atoms with Gasteiger partial charge >= 0.3 is 5.97 Å². The molecule has 0 aromatic carbocycles. The first kappa shape index (κ1) is 15.1. The molecule has 6 heteroatoms. The summed E-state index contributed by atoms with van der Waals surface area (Å²) in [6, 6.07) is 3.50. The number of rotatable bonds is 5. The van der Waals surface area contributed by atoms with E-state index >= 15 is 0 Å². The number of carboxylic acid groups (broad SMARTS) is 1. The number of carboxylic acids is 1. The van der Waals surface area contributed by atoms with Crippen LogP contribution in [0.4, 0.5) is 5.82 Å². The van der Waals surface area contributed by atoms with Crippen molar-refractivity contribution < 1.29 is 9.90 Å². The summed E-state index contributed by atoms with van der Waals surface area (Å²) in [5.41, 5.74) is 0.217. The van der Waals surface area contributed by atoms with Gasteiger partial charge in [0.05, 0.1) is 0 Å². The molecule has 1 aliphatic heterocycles. The normalized spacial score (nSPS) is 18.8. The van der Waals surface area contributed by atoms with Crippen molar-refractivity contribution in [2.75, 3.05) is 31.1 Å². The van der Waals surface area contributed by atoms with E-state index in [1.807, 2.05) is 4.90 Å². The molecule has 0 spiro atoms. The second-order valence-electron chi connectivity index (χ2n) is 4.92. The smallest absolute Gasteiger partial charge is 0.339 e. The lowest BCUT2D eigenvalue weighted by Crippen LogP contribution is -2.37. The molecule has 2 rings (SSSR count). The van der Waals surface area contributed by atoms with Crippen molar-refractivity contribution >= 4 is 23.4 Å². The molecule has 2 heterocycles. The minimum atomic E-state index is -0.963. The predicted octanol–water partition coefficient (Wildman–Crippen LogP) is 2.35. The molecule has 1 aromatic rings. The second-order valence-corrected chi connectivity index (χ2v) is 5.31. The summed E-state index contributed by atoms with van der Waals surface area (Å²) in [5, 5.41) is 9.59. The van der Waals surface area contributed by atoms with Crippen molar-refractivity contribution in [3.63, 3.8) is 0 Å². The third kappa shape index (κ3) is 3.04. The van der Waals surface area contributed by atoms with Gasteiger partial charge in [0.15, 0.2) is 0 Å². The molecule has 1 saturated heterocycles. The van der Waals surface area contributed by atoms with E-state index in [9.17, 15) is 9.90 Å². The lowest BCUT2D eigenvalue weighted by Gasteiger charge is -2.26. The van der Waals surface area contributed by atoms with Crippen LogP contribution < -0.4 is 4.90 Å². The van der Waals surface area contributed by atoms with Crippen LogP contribution in [-0.2, 0) is 0 Å². The topological polar surface area (TPSA) is 56.7 Å². The van der Waals surface area contributed by atoms with Gasteiger partial charge in [-0.15, -0.1) is 0 Å². The fraction of sp³-hybridized carbons (Fsp3) is 0.571. The predicted molar refractivity (Wildman–Crippen MR) is 79.7 cm³/mol. The molecule has 1 unspecified atom stereocenters. The molecule has 0 aliphatic carbocycles. The van der Waals surface area contributed by atoms with Gasteiger partial charge in [-0.3, -0.25) is 4.90 Å². The number of carbonyl (C=O) groups is 1. The summed E-state index contributed by atoms with van der Waals surface area (Å²) < 4.78 is 0. The van der Waals surface area contributed by atoms with Crippen LogP contribution in [0.15, 0.2) is 12.1 Å². The SMILES string of the molecule is CCN(CC)C1CCN(c2nc(Cl)ccc2C(=O)O)C1. The number of anilines is 1. The Balaban J connectivity index is 2.21. The molecule has 1 aromatic heterocycles. The number of nitrogens with zero attached hydrogens (tertiary/aromatic N) is 3. The molecule has 1 fully saturated rings. The Morgan fingerprint density at radius 1 is 1.50 bits per heavy atom. The average molecular weight is 298 g/mol. The van der Waals surface area contributed by atoms with Gasteiger partial charge in [0.25, 0.3) is 0 Å². The van der Waals surface area contributed by atoms with E-state index in [0.29, 0.717) is 17.0 Å². The molecule has 110 valence electrons. The zero-order valence-electron chi connectivity index (χ0n) is 11.8. The van der Waals surface area contributed by atoms with Crippen LogP contribution in [0.2, 0.25) is 5.15 Å². The fourth-order valence-electron chi connectivity index (χ4n) is 2.81. The highest BCUT2D eigenvalue weighted by atomic mass is 35.5. The van der Waals surface area contributed by atoms with Gasteiger partial charge in [0.1, 0.15) is 16.5 Å². The van der Waals surface area contributed by atoms with E-state index < -0.39 is 5.97 Å². The van der Waals surface area contributed by atoms with Gasteiger partial charge < -0.3 is 10.0 Å². The number of aromatic carboxylic acids is 1. The number of pyridine rings is 1. The highest BCUT2D eigenvalue weighted by Crippen LogP contribution is 2.26. The van der Waals surface area contributed by atoms with Crippen LogP contribution in [-0.4, -0.2) is 53.2 Å². The molecule has 0 radical (unpaired) electrons. The Hall–Kier alpha value is -1.33. The lowest BCUT2D eigenvalue weighted by atomic mass is 10.2. The maximum atomic E-state index is 11.3. The first-order chi connectivity index (χ1) is 9.56. The Kier molecular flexibility index (Phi) is 4.83. The summed E-state index contributed by atoms with van der Waals surface area (Å²) >= 11 is 5.91. The Morgan fingerprint density at radius 3 is 2.80 bits per heavy atom. The van der Waals surface area contributed by atoms with Gasteiger partial charge in [0.2, 0.25) is 0 Å². The minimum Gasteiger partial charge on any atom is -0.478 e. The fourth-order valence-corrected chi connectivity index (χ4v) is 2.95. The van der Waals surface area contributed by atoms with E-state index in [1.165, 1.54) is 12.1 Å². The maximum absolute atomic E-state index is 11.3. The lowest BCUT2D eigenvalue weighted by molar-refractivity contribution is 0.0697. The number of likely N-dealkylation sites (N-methyl/N-ethyl adjacent to an activating group) is 1. The summed E-state index contributed by atoms with van der Waals surface area (Å²) in [4.78, 5) is 19.9. The molecule has 5 nitrogen and oxygen atoms in total. The first-order valence-corrected chi connectivity index (χ1v) is 7.33. The van der Waals surface area contributed by atoms with Crippen LogP contribution >= 0.6 is 11.6 Å². The quantitative estimate of drug-likeness (QED) is 0.846. The summed E-state index contributed by atoms with van der Waals surface area (Å²) in [7, 11) is 0. The van der Waals surface area contributed by atoms with Crippen molar-refractivity contribution in [1.82, 2.24) is 9.88 Å². The molecule has 0 amide bonds. The first-order valence-electron chi connectivity index (χ1n) is 6.95. The van der Waals surface area contributed by atoms with Gasteiger partial charge in [-0.25, -0.2) is 9.78 Å². The maximum Gasteiger partial charge on any atom is 0.339 e. The zero-order valence-corrected chi connectivity index (χ0v) is 12.6. The number of hydrogen-bond acceptors (Lipinski definition) is 4. The summed E-state index contributed by atoms with van der Waals surface area (Å²) in [6.07, 6.45) is 1.02. The van der Waals surface area contributed by atoms with Crippen molar-refractivity contribution in [1.29, 1.82) is 0 Å². The average Bonchev–Trinajstić information content (AvgIpc) is 2.89. The molecule has 20 heavy (non-hydrogen) atoms. The Labute approximate surface area is 124 Å². The van der Waals surface area contributed by atoms with Gasteiger partial charge in [0, 0.05) is 19.1 Å². The third-order valence-corrected chi connectivity index (χ3v) is 4.07. The van der Waals surface area contributed by atoms with Crippen LogP contribution in [0, 0.1) is 0 Å². The van der Waals surface area contributed by atoms with E-state index in [4.69, 9.17) is 11.6 Å². The molecule has 1 atom stereocenters. The highest BCUT2D eigenvalue weighted by molar-refractivity contribution is 6.29. The van der Waals surface area contributed by atoms with E-state index in [0.717, 1.165) is 32.6 Å². The summed E-state index contributed by atoms with van der Waals surface area (Å²) in [6.45, 7) is 7.91. The van der Waals surface area contributed by atoms with Crippen LogP contribution in [0.5, 0.6) is 0 Å². The molecular weight excluding hydrogens is 278 g/mol. The van der Waals surface area contributed by atoms with Crippen LogP contribution in [0.25, 0.3) is 0 Å². The Bertz CT molecular complexity index is 491.